The van der Waals surface area contributed by atoms with Crippen LogP contribution in [-0.2, 0) is 18.4 Å². The lowest BCUT2D eigenvalue weighted by Crippen LogP contribution is -2.49. The standard InChI is InChI=1S/C22H29N7O2/c1-23-22(29-9-7-18(14-29)19-12-26-27(2)13-19)25-11-16-3-5-17(6-4-16)21(31)28-10-8-24-20(30)15-28/h3-6,12-13,18H,7-11,14-15H2,1-2H3,(H,23,25)(H,24,30). The zero-order valence-electron chi connectivity index (χ0n) is 18.0. The third-order valence-electron chi connectivity index (χ3n) is 5.87. The quantitative estimate of drug-likeness (QED) is 0.554. The zero-order chi connectivity index (χ0) is 21.8. The highest BCUT2D eigenvalue weighted by molar-refractivity contribution is 5.97. The van der Waals surface area contributed by atoms with Crippen LogP contribution in [0.4, 0.5) is 0 Å². The molecule has 164 valence electrons. The third-order valence-corrected chi connectivity index (χ3v) is 5.87. The number of aryl methyl sites for hydroxylation is 1. The lowest BCUT2D eigenvalue weighted by molar-refractivity contribution is -0.123. The van der Waals surface area contributed by atoms with Crippen LogP contribution in [0.3, 0.4) is 0 Å². The average Bonchev–Trinajstić information content (AvgIpc) is 3.43. The van der Waals surface area contributed by atoms with E-state index >= 15 is 0 Å². The summed E-state index contributed by atoms with van der Waals surface area (Å²) in [6.07, 6.45) is 5.12. The SMILES string of the molecule is CN=C(NCc1ccc(C(=O)N2CCNC(=O)C2)cc1)N1CCC(c2cnn(C)c2)C1. The number of aromatic nitrogens is 2. The monoisotopic (exact) mass is 423 g/mol. The first-order valence-electron chi connectivity index (χ1n) is 10.6. The van der Waals surface area contributed by atoms with Crippen molar-refractivity contribution in [1.82, 2.24) is 30.2 Å². The number of nitrogens with one attached hydrogen (secondary N) is 2. The van der Waals surface area contributed by atoms with Crippen molar-refractivity contribution in [3.63, 3.8) is 0 Å². The summed E-state index contributed by atoms with van der Waals surface area (Å²) in [6.45, 7) is 3.66. The van der Waals surface area contributed by atoms with Crippen LogP contribution in [0.25, 0.3) is 0 Å². The Kier molecular flexibility index (Phi) is 6.20. The Hall–Kier alpha value is -3.36. The molecule has 2 aliphatic rings. The summed E-state index contributed by atoms with van der Waals surface area (Å²) >= 11 is 0. The average molecular weight is 424 g/mol. The highest BCUT2D eigenvalue weighted by Crippen LogP contribution is 2.26. The van der Waals surface area contributed by atoms with Gasteiger partial charge in [0.15, 0.2) is 5.96 Å². The predicted octanol–water partition coefficient (Wildman–Crippen LogP) is 0.557. The molecule has 3 heterocycles. The fourth-order valence-electron chi connectivity index (χ4n) is 4.15. The molecule has 0 aliphatic carbocycles. The molecule has 1 aromatic carbocycles. The van der Waals surface area contributed by atoms with Crippen molar-refractivity contribution in [2.75, 3.05) is 39.8 Å². The predicted molar refractivity (Wildman–Crippen MR) is 118 cm³/mol. The van der Waals surface area contributed by atoms with Gasteiger partial charge in [-0.2, -0.15) is 5.10 Å². The second kappa shape index (κ2) is 9.20. The van der Waals surface area contributed by atoms with E-state index in [-0.39, 0.29) is 18.4 Å². The summed E-state index contributed by atoms with van der Waals surface area (Å²) in [5, 5.41) is 10.5. The summed E-state index contributed by atoms with van der Waals surface area (Å²) in [6, 6.07) is 7.53. The second-order valence-electron chi connectivity index (χ2n) is 8.05. The maximum atomic E-state index is 12.6. The number of piperazine rings is 1. The van der Waals surface area contributed by atoms with Gasteiger partial charge in [0, 0.05) is 64.5 Å². The molecule has 2 aromatic rings. The van der Waals surface area contributed by atoms with Crippen LogP contribution in [-0.4, -0.2) is 77.1 Å². The number of carbonyl (C=O) groups is 2. The smallest absolute Gasteiger partial charge is 0.254 e. The number of rotatable bonds is 4. The van der Waals surface area contributed by atoms with E-state index < -0.39 is 0 Å². The van der Waals surface area contributed by atoms with Gasteiger partial charge < -0.3 is 20.4 Å². The molecule has 0 radical (unpaired) electrons. The number of carbonyl (C=O) groups excluding carboxylic acids is 2. The summed E-state index contributed by atoms with van der Waals surface area (Å²) < 4.78 is 1.85. The van der Waals surface area contributed by atoms with Gasteiger partial charge in [0.25, 0.3) is 5.91 Å². The van der Waals surface area contributed by atoms with Gasteiger partial charge >= 0.3 is 0 Å². The minimum atomic E-state index is -0.112. The second-order valence-corrected chi connectivity index (χ2v) is 8.05. The molecule has 0 saturated carbocycles. The molecule has 1 aromatic heterocycles. The first kappa shape index (κ1) is 20.9. The third kappa shape index (κ3) is 4.87. The molecular weight excluding hydrogens is 394 g/mol. The van der Waals surface area contributed by atoms with Crippen LogP contribution in [0.1, 0.15) is 33.8 Å². The first-order chi connectivity index (χ1) is 15.0. The topological polar surface area (TPSA) is 94.9 Å². The van der Waals surface area contributed by atoms with E-state index in [1.807, 2.05) is 42.2 Å². The highest BCUT2D eigenvalue weighted by atomic mass is 16.2. The summed E-state index contributed by atoms with van der Waals surface area (Å²) in [5.41, 5.74) is 2.94. The van der Waals surface area contributed by atoms with Gasteiger partial charge in [-0.1, -0.05) is 12.1 Å². The molecular formula is C22H29N7O2. The van der Waals surface area contributed by atoms with Crippen molar-refractivity contribution >= 4 is 17.8 Å². The van der Waals surface area contributed by atoms with Crippen molar-refractivity contribution in [1.29, 1.82) is 0 Å². The summed E-state index contributed by atoms with van der Waals surface area (Å²) in [5.74, 6) is 1.13. The van der Waals surface area contributed by atoms with Crippen LogP contribution in [0.2, 0.25) is 0 Å². The molecule has 2 aliphatic heterocycles. The fourth-order valence-corrected chi connectivity index (χ4v) is 4.15. The van der Waals surface area contributed by atoms with Gasteiger partial charge in [0.1, 0.15) is 0 Å². The first-order valence-corrected chi connectivity index (χ1v) is 10.6. The van der Waals surface area contributed by atoms with Crippen molar-refractivity contribution < 1.29 is 9.59 Å². The number of guanidine groups is 1. The van der Waals surface area contributed by atoms with Crippen molar-refractivity contribution in [2.45, 2.75) is 18.9 Å². The molecule has 2 fully saturated rings. The zero-order valence-corrected chi connectivity index (χ0v) is 18.0. The maximum absolute atomic E-state index is 12.6. The Balaban J connectivity index is 1.31. The number of amides is 2. The lowest BCUT2D eigenvalue weighted by Gasteiger charge is -2.26. The molecule has 0 spiro atoms. The van der Waals surface area contributed by atoms with E-state index in [2.05, 4.69) is 31.8 Å². The van der Waals surface area contributed by atoms with Crippen LogP contribution in [0, 0.1) is 0 Å². The summed E-state index contributed by atoms with van der Waals surface area (Å²) in [7, 11) is 3.75. The van der Waals surface area contributed by atoms with Crippen molar-refractivity contribution in [2.24, 2.45) is 12.0 Å². The van der Waals surface area contributed by atoms with Crippen LogP contribution in [0.5, 0.6) is 0 Å². The highest BCUT2D eigenvalue weighted by Gasteiger charge is 2.27. The van der Waals surface area contributed by atoms with Gasteiger partial charge in [-0.05, 0) is 29.7 Å². The molecule has 0 bridgehead atoms. The molecule has 2 saturated heterocycles. The lowest BCUT2D eigenvalue weighted by atomic mass is 10.0. The Bertz CT molecular complexity index is 966. The Morgan fingerprint density at radius 1 is 1.26 bits per heavy atom. The number of nitrogens with zero attached hydrogens (tertiary/aromatic N) is 5. The molecule has 1 unspecified atom stereocenters. The number of hydrogen-bond acceptors (Lipinski definition) is 4. The van der Waals surface area contributed by atoms with E-state index in [0.717, 1.165) is 31.0 Å². The fraction of sp³-hybridized carbons (Fsp3) is 0.455. The maximum Gasteiger partial charge on any atom is 0.254 e. The number of likely N-dealkylation sites (tertiary alicyclic amines) is 1. The van der Waals surface area contributed by atoms with Gasteiger partial charge in [-0.15, -0.1) is 0 Å². The molecule has 2 N–H and O–H groups in total. The van der Waals surface area contributed by atoms with Gasteiger partial charge in [0.2, 0.25) is 5.91 Å². The van der Waals surface area contributed by atoms with Crippen LogP contribution < -0.4 is 10.6 Å². The molecule has 31 heavy (non-hydrogen) atoms. The van der Waals surface area contributed by atoms with Crippen LogP contribution >= 0.6 is 0 Å². The molecule has 9 heteroatoms. The van der Waals surface area contributed by atoms with E-state index in [9.17, 15) is 9.59 Å². The number of benzene rings is 1. The van der Waals surface area contributed by atoms with Gasteiger partial charge in [0.05, 0.1) is 12.7 Å². The largest absolute Gasteiger partial charge is 0.353 e. The molecule has 2 amide bonds. The van der Waals surface area contributed by atoms with Gasteiger partial charge in [-0.25, -0.2) is 0 Å². The van der Waals surface area contributed by atoms with Crippen molar-refractivity contribution in [3.05, 3.63) is 53.3 Å². The molecule has 4 rings (SSSR count). The normalized spacial score (nSPS) is 19.5. The molecule has 9 nitrogen and oxygen atoms in total. The summed E-state index contributed by atoms with van der Waals surface area (Å²) in [4.78, 5) is 32.4. The van der Waals surface area contributed by atoms with Gasteiger partial charge in [-0.3, -0.25) is 19.3 Å². The van der Waals surface area contributed by atoms with Crippen LogP contribution in [0.15, 0.2) is 41.7 Å². The number of aliphatic imine (C=N–C) groups is 1. The van der Waals surface area contributed by atoms with E-state index in [1.165, 1.54) is 5.56 Å². The van der Waals surface area contributed by atoms with E-state index in [1.54, 1.807) is 11.9 Å². The Morgan fingerprint density at radius 2 is 2.06 bits per heavy atom. The Morgan fingerprint density at radius 3 is 2.74 bits per heavy atom. The van der Waals surface area contributed by atoms with E-state index in [4.69, 9.17) is 0 Å². The van der Waals surface area contributed by atoms with E-state index in [0.29, 0.717) is 31.1 Å². The minimum Gasteiger partial charge on any atom is -0.353 e. The molecule has 1 atom stereocenters. The Labute approximate surface area is 182 Å². The minimum absolute atomic E-state index is 0.108. The number of hydrogen-bond donors (Lipinski definition) is 2. The van der Waals surface area contributed by atoms with Crippen molar-refractivity contribution in [3.8, 4) is 0 Å².